The second-order valence-corrected chi connectivity index (χ2v) is 8.01. The van der Waals surface area contributed by atoms with Gasteiger partial charge in [-0.1, -0.05) is 50.1 Å². The Labute approximate surface area is 175 Å². The fourth-order valence-electron chi connectivity index (χ4n) is 4.14. The van der Waals surface area contributed by atoms with Gasteiger partial charge in [0.1, 0.15) is 0 Å². The molecule has 160 valence electrons. The van der Waals surface area contributed by atoms with Crippen LogP contribution in [0.4, 0.5) is 5.95 Å². The van der Waals surface area contributed by atoms with Crippen LogP contribution in [0.25, 0.3) is 11.2 Å². The maximum Gasteiger partial charge on any atom is 0.329 e. The number of fused-ring (bicyclic) bond motifs is 1. The summed E-state index contributed by atoms with van der Waals surface area (Å²) in [7, 11) is 1.65. The molecule has 8 heteroatoms. The zero-order valence-corrected chi connectivity index (χ0v) is 17.8. The summed E-state index contributed by atoms with van der Waals surface area (Å²) in [5, 5.41) is 0. The molecule has 0 radical (unpaired) electrons. The topological polar surface area (TPSA) is 79.2 Å². The fraction of sp³-hybridized carbons (Fsp3) is 0.500. The second kappa shape index (κ2) is 8.87. The van der Waals surface area contributed by atoms with Crippen molar-refractivity contribution in [2.24, 2.45) is 7.05 Å². The van der Waals surface area contributed by atoms with Gasteiger partial charge >= 0.3 is 5.69 Å². The van der Waals surface area contributed by atoms with E-state index in [1.807, 2.05) is 34.9 Å². The summed E-state index contributed by atoms with van der Waals surface area (Å²) in [6.45, 7) is 7.57. The van der Waals surface area contributed by atoms with Gasteiger partial charge in [-0.05, 0) is 18.5 Å². The van der Waals surface area contributed by atoms with Gasteiger partial charge in [0, 0.05) is 33.2 Å². The van der Waals surface area contributed by atoms with Crippen molar-refractivity contribution in [3.8, 4) is 0 Å². The molecule has 0 aliphatic carbocycles. The van der Waals surface area contributed by atoms with Crippen molar-refractivity contribution < 1.29 is 0 Å². The van der Waals surface area contributed by atoms with Gasteiger partial charge in [-0.15, -0.1) is 0 Å². The lowest BCUT2D eigenvalue weighted by Crippen LogP contribution is -2.47. The van der Waals surface area contributed by atoms with Crippen LogP contribution in [-0.2, 0) is 13.6 Å². The highest BCUT2D eigenvalue weighted by Crippen LogP contribution is 2.22. The van der Waals surface area contributed by atoms with Crippen molar-refractivity contribution >= 4 is 17.1 Å². The molecule has 30 heavy (non-hydrogen) atoms. The Bertz CT molecular complexity index is 1110. The Kier molecular flexibility index (Phi) is 6.03. The quantitative estimate of drug-likeness (QED) is 0.601. The molecule has 0 spiro atoms. The maximum atomic E-state index is 12.7. The van der Waals surface area contributed by atoms with Gasteiger partial charge in [0.25, 0.3) is 5.56 Å². The summed E-state index contributed by atoms with van der Waals surface area (Å²) < 4.78 is 3.37. The zero-order chi connectivity index (χ0) is 21.1. The summed E-state index contributed by atoms with van der Waals surface area (Å²) in [6, 6.07) is 10.0. The van der Waals surface area contributed by atoms with E-state index in [4.69, 9.17) is 4.98 Å². The molecule has 0 saturated carbocycles. The molecule has 0 bridgehead atoms. The number of aromatic amines is 1. The molecular formula is C22H30N6O2. The molecule has 2 aromatic heterocycles. The molecule has 1 fully saturated rings. The number of nitrogens with one attached hydrogen (secondary N) is 1. The lowest BCUT2D eigenvalue weighted by Gasteiger charge is -2.35. The fourth-order valence-corrected chi connectivity index (χ4v) is 4.14. The number of imidazole rings is 1. The van der Waals surface area contributed by atoms with Gasteiger partial charge in [0.05, 0.1) is 6.54 Å². The molecule has 1 saturated heterocycles. The summed E-state index contributed by atoms with van der Waals surface area (Å²) in [6.07, 6.45) is 3.74. The molecule has 0 amide bonds. The number of benzene rings is 1. The van der Waals surface area contributed by atoms with Gasteiger partial charge in [-0.2, -0.15) is 4.98 Å². The van der Waals surface area contributed by atoms with Crippen LogP contribution in [0.3, 0.4) is 0 Å². The molecule has 1 aliphatic rings. The molecule has 3 heterocycles. The van der Waals surface area contributed by atoms with Crippen LogP contribution in [0.15, 0.2) is 39.9 Å². The number of unbranched alkanes of at least 4 members (excludes halogenated alkanes) is 2. The summed E-state index contributed by atoms with van der Waals surface area (Å²) in [5.74, 6) is 0.758. The number of hydrogen-bond donors (Lipinski definition) is 1. The highest BCUT2D eigenvalue weighted by molar-refractivity contribution is 5.74. The number of piperazine rings is 1. The molecule has 4 rings (SSSR count). The molecule has 1 aromatic carbocycles. The molecule has 3 aromatic rings. The van der Waals surface area contributed by atoms with Crippen LogP contribution < -0.4 is 16.1 Å². The number of hydrogen-bond acceptors (Lipinski definition) is 5. The molecule has 8 nitrogen and oxygen atoms in total. The third kappa shape index (κ3) is 4.05. The SMILES string of the molecule is CCCCCN1CCN(c2nc3c(c(=O)[nH]c(=O)n3C)n2Cc2ccccc2)CC1. The minimum absolute atomic E-state index is 0.388. The summed E-state index contributed by atoms with van der Waals surface area (Å²) in [5.41, 5.74) is 1.14. The second-order valence-electron chi connectivity index (χ2n) is 8.01. The number of aryl methyl sites for hydroxylation is 1. The van der Waals surface area contributed by atoms with E-state index in [1.54, 1.807) is 7.05 Å². The smallest absolute Gasteiger partial charge is 0.329 e. The lowest BCUT2D eigenvalue weighted by molar-refractivity contribution is 0.251. The monoisotopic (exact) mass is 410 g/mol. The van der Waals surface area contributed by atoms with Crippen molar-refractivity contribution in [3.05, 3.63) is 56.7 Å². The Morgan fingerprint density at radius 2 is 1.77 bits per heavy atom. The molecule has 1 N–H and O–H groups in total. The van der Waals surface area contributed by atoms with Gasteiger partial charge in [-0.25, -0.2) is 4.79 Å². The summed E-state index contributed by atoms with van der Waals surface area (Å²) >= 11 is 0. The normalized spacial score (nSPS) is 15.2. The van der Waals surface area contributed by atoms with E-state index < -0.39 is 5.69 Å². The first-order chi connectivity index (χ1) is 14.6. The number of nitrogens with zero attached hydrogens (tertiary/aromatic N) is 5. The zero-order valence-electron chi connectivity index (χ0n) is 17.8. The van der Waals surface area contributed by atoms with Crippen LogP contribution in [0, 0.1) is 0 Å². The predicted octanol–water partition coefficient (Wildman–Crippen LogP) is 1.78. The Hall–Kier alpha value is -2.87. The maximum absolute atomic E-state index is 12.7. The largest absolute Gasteiger partial charge is 0.340 e. The van der Waals surface area contributed by atoms with Crippen molar-refractivity contribution in [2.45, 2.75) is 32.7 Å². The Balaban J connectivity index is 1.68. The van der Waals surface area contributed by atoms with Crippen molar-refractivity contribution in [1.82, 2.24) is 24.0 Å². The van der Waals surface area contributed by atoms with E-state index in [-0.39, 0.29) is 5.56 Å². The van der Waals surface area contributed by atoms with Crippen molar-refractivity contribution in [3.63, 3.8) is 0 Å². The van der Waals surface area contributed by atoms with Crippen molar-refractivity contribution in [2.75, 3.05) is 37.6 Å². The van der Waals surface area contributed by atoms with Crippen LogP contribution in [0.1, 0.15) is 31.7 Å². The lowest BCUT2D eigenvalue weighted by atomic mass is 10.2. The van der Waals surface area contributed by atoms with Crippen LogP contribution in [0.2, 0.25) is 0 Å². The van der Waals surface area contributed by atoms with Crippen LogP contribution >= 0.6 is 0 Å². The first kappa shape index (κ1) is 20.4. The third-order valence-corrected chi connectivity index (χ3v) is 5.90. The van der Waals surface area contributed by atoms with E-state index in [0.29, 0.717) is 17.7 Å². The van der Waals surface area contributed by atoms with E-state index in [9.17, 15) is 9.59 Å². The highest BCUT2D eigenvalue weighted by Gasteiger charge is 2.24. The molecular weight excluding hydrogens is 380 g/mol. The number of anilines is 1. The number of rotatable bonds is 7. The first-order valence-corrected chi connectivity index (χ1v) is 10.8. The van der Waals surface area contributed by atoms with E-state index in [1.165, 1.54) is 23.8 Å². The number of aromatic nitrogens is 4. The molecule has 0 unspecified atom stereocenters. The Morgan fingerprint density at radius 1 is 1.03 bits per heavy atom. The molecule has 1 aliphatic heterocycles. The summed E-state index contributed by atoms with van der Waals surface area (Å²) in [4.78, 5) is 36.7. The van der Waals surface area contributed by atoms with Crippen molar-refractivity contribution in [1.29, 1.82) is 0 Å². The average molecular weight is 411 g/mol. The third-order valence-electron chi connectivity index (χ3n) is 5.90. The first-order valence-electron chi connectivity index (χ1n) is 10.8. The highest BCUT2D eigenvalue weighted by atomic mass is 16.2. The van der Waals surface area contributed by atoms with Gasteiger partial charge in [0.2, 0.25) is 5.95 Å². The van der Waals surface area contributed by atoms with Crippen LogP contribution in [0.5, 0.6) is 0 Å². The minimum Gasteiger partial charge on any atom is -0.340 e. The standard InChI is InChI=1S/C22H30N6O2/c1-3-4-8-11-26-12-14-27(15-13-26)21-23-19-18(20(29)24-22(30)25(19)2)28(21)16-17-9-6-5-7-10-17/h5-7,9-10H,3-4,8,11-16H2,1-2H3,(H,24,29,30). The van der Waals surface area contributed by atoms with E-state index >= 15 is 0 Å². The molecule has 0 atom stereocenters. The average Bonchev–Trinajstić information content (AvgIpc) is 3.13. The predicted molar refractivity (Wildman–Crippen MR) is 119 cm³/mol. The van der Waals surface area contributed by atoms with Gasteiger partial charge < -0.3 is 4.90 Å². The van der Waals surface area contributed by atoms with Crippen LogP contribution in [-0.4, -0.2) is 56.7 Å². The number of H-pyrrole nitrogens is 1. The van der Waals surface area contributed by atoms with E-state index in [0.717, 1.165) is 44.2 Å². The van der Waals surface area contributed by atoms with Gasteiger partial charge in [0.15, 0.2) is 11.2 Å². The minimum atomic E-state index is -0.441. The Morgan fingerprint density at radius 3 is 2.47 bits per heavy atom. The van der Waals surface area contributed by atoms with Gasteiger partial charge in [-0.3, -0.25) is 23.8 Å². The van der Waals surface area contributed by atoms with E-state index in [2.05, 4.69) is 21.7 Å².